The quantitative estimate of drug-likeness (QED) is 0.395. The number of ether oxygens (including phenoxy) is 1. The molecule has 0 fully saturated rings. The molecule has 0 bridgehead atoms. The van der Waals surface area contributed by atoms with Gasteiger partial charge in [-0.3, -0.25) is 4.79 Å². The fraction of sp³-hybridized carbons (Fsp3) is 0.0526. The number of para-hydroxylation sites is 1. The first kappa shape index (κ1) is 13.5. The minimum absolute atomic E-state index is 0.108. The summed E-state index contributed by atoms with van der Waals surface area (Å²) in [6.45, 7) is 0. The summed E-state index contributed by atoms with van der Waals surface area (Å²) < 4.78 is 10.7. The fourth-order valence-corrected chi connectivity index (χ4v) is 2.86. The molecule has 0 aliphatic heterocycles. The van der Waals surface area contributed by atoms with E-state index in [1.165, 1.54) is 7.11 Å². The smallest absolute Gasteiger partial charge is 0.338 e. The van der Waals surface area contributed by atoms with Crippen molar-refractivity contribution in [3.05, 3.63) is 70.4 Å². The van der Waals surface area contributed by atoms with Crippen molar-refractivity contribution in [2.75, 3.05) is 7.11 Å². The second kappa shape index (κ2) is 4.95. The highest BCUT2D eigenvalue weighted by Gasteiger charge is 2.13. The molecule has 0 atom stereocenters. The Morgan fingerprint density at radius 3 is 2.57 bits per heavy atom. The lowest BCUT2D eigenvalue weighted by Gasteiger charge is -2.07. The Hall–Kier alpha value is -3.14. The molecule has 1 heterocycles. The van der Waals surface area contributed by atoms with Gasteiger partial charge in [0, 0.05) is 0 Å². The zero-order valence-corrected chi connectivity index (χ0v) is 12.3. The summed E-state index contributed by atoms with van der Waals surface area (Å²) in [6, 6.07) is 15.9. The first-order valence-electron chi connectivity index (χ1n) is 7.15. The number of hydrogen-bond donors (Lipinski definition) is 0. The summed E-state index contributed by atoms with van der Waals surface area (Å²) >= 11 is 0. The molecule has 0 saturated heterocycles. The molecule has 0 amide bonds. The van der Waals surface area contributed by atoms with Crippen LogP contribution in [-0.4, -0.2) is 13.1 Å². The van der Waals surface area contributed by atoms with Crippen molar-refractivity contribution in [1.82, 2.24) is 0 Å². The van der Waals surface area contributed by atoms with Crippen LogP contribution in [0.5, 0.6) is 0 Å². The maximum absolute atomic E-state index is 12.7. The lowest BCUT2D eigenvalue weighted by Crippen LogP contribution is -2.04. The zero-order chi connectivity index (χ0) is 16.0. The first-order chi connectivity index (χ1) is 11.2. The second-order valence-corrected chi connectivity index (χ2v) is 5.29. The monoisotopic (exact) mass is 304 g/mol. The van der Waals surface area contributed by atoms with Gasteiger partial charge in [-0.2, -0.15) is 0 Å². The molecule has 0 N–H and O–H groups in total. The minimum atomic E-state index is -0.430. The number of benzene rings is 3. The van der Waals surface area contributed by atoms with Crippen LogP contribution in [0.4, 0.5) is 0 Å². The summed E-state index contributed by atoms with van der Waals surface area (Å²) in [7, 11) is 1.34. The van der Waals surface area contributed by atoms with Gasteiger partial charge in [-0.15, -0.1) is 0 Å². The Kier molecular flexibility index (Phi) is 2.91. The molecule has 3 aromatic carbocycles. The number of methoxy groups -OCH3 is 1. The van der Waals surface area contributed by atoms with Crippen LogP contribution >= 0.6 is 0 Å². The van der Waals surface area contributed by atoms with E-state index >= 15 is 0 Å². The van der Waals surface area contributed by atoms with Gasteiger partial charge in [-0.25, -0.2) is 4.79 Å². The van der Waals surface area contributed by atoms with Gasteiger partial charge in [-0.05, 0) is 41.1 Å². The molecule has 0 aliphatic carbocycles. The number of carbonyl (C=O) groups excluding carboxylic acids is 1. The number of fused-ring (bicyclic) bond motifs is 3. The Balaban J connectivity index is 2.18. The van der Waals surface area contributed by atoms with Gasteiger partial charge >= 0.3 is 5.97 Å². The maximum atomic E-state index is 12.7. The Morgan fingerprint density at radius 2 is 1.74 bits per heavy atom. The van der Waals surface area contributed by atoms with E-state index in [1.54, 1.807) is 42.5 Å². The topological polar surface area (TPSA) is 56.5 Å². The van der Waals surface area contributed by atoms with E-state index in [0.717, 1.165) is 5.39 Å². The van der Waals surface area contributed by atoms with Gasteiger partial charge in [0.15, 0.2) is 0 Å². The average molecular weight is 304 g/mol. The standard InChI is InChI=1S/C19H12O4/c1-22-19(21)12-7-4-5-11-9-17-15(10-14(11)12)18(20)13-6-2-3-8-16(13)23-17/h2-10H,1H3. The Labute approximate surface area is 130 Å². The van der Waals surface area contributed by atoms with Crippen LogP contribution < -0.4 is 5.43 Å². The molecule has 0 unspecified atom stereocenters. The van der Waals surface area contributed by atoms with Crippen molar-refractivity contribution in [1.29, 1.82) is 0 Å². The maximum Gasteiger partial charge on any atom is 0.338 e. The zero-order valence-electron chi connectivity index (χ0n) is 12.3. The summed E-state index contributed by atoms with van der Waals surface area (Å²) in [5.74, 6) is -0.430. The second-order valence-electron chi connectivity index (χ2n) is 5.29. The molecule has 112 valence electrons. The lowest BCUT2D eigenvalue weighted by atomic mass is 10.0. The highest BCUT2D eigenvalue weighted by atomic mass is 16.5. The SMILES string of the molecule is COC(=O)c1cccc2cc3oc4ccccc4c(=O)c3cc12. The van der Waals surface area contributed by atoms with Crippen LogP contribution in [0.25, 0.3) is 32.7 Å². The van der Waals surface area contributed by atoms with Gasteiger partial charge in [-0.1, -0.05) is 24.3 Å². The van der Waals surface area contributed by atoms with Crippen LogP contribution in [0.1, 0.15) is 10.4 Å². The lowest BCUT2D eigenvalue weighted by molar-refractivity contribution is 0.0603. The molecular formula is C19H12O4. The molecule has 0 saturated carbocycles. The van der Waals surface area contributed by atoms with E-state index in [9.17, 15) is 9.59 Å². The highest BCUT2D eigenvalue weighted by Crippen LogP contribution is 2.26. The summed E-state index contributed by atoms with van der Waals surface area (Å²) in [5, 5.41) is 2.47. The number of rotatable bonds is 1. The number of carbonyl (C=O) groups is 1. The fourth-order valence-electron chi connectivity index (χ4n) is 2.86. The van der Waals surface area contributed by atoms with Gasteiger partial charge in [0.2, 0.25) is 5.43 Å². The molecule has 4 rings (SSSR count). The van der Waals surface area contributed by atoms with Gasteiger partial charge < -0.3 is 9.15 Å². The van der Waals surface area contributed by atoms with Crippen molar-refractivity contribution in [2.45, 2.75) is 0 Å². The molecule has 0 radical (unpaired) electrons. The molecule has 4 aromatic rings. The van der Waals surface area contributed by atoms with Gasteiger partial charge in [0.05, 0.1) is 23.4 Å². The molecule has 4 nitrogen and oxygen atoms in total. The molecule has 0 aliphatic rings. The molecule has 4 heteroatoms. The largest absolute Gasteiger partial charge is 0.465 e. The number of hydrogen-bond acceptors (Lipinski definition) is 4. The van der Waals surface area contributed by atoms with Crippen molar-refractivity contribution in [2.24, 2.45) is 0 Å². The van der Waals surface area contributed by atoms with E-state index in [0.29, 0.717) is 32.9 Å². The predicted molar refractivity (Wildman–Crippen MR) is 88.8 cm³/mol. The van der Waals surface area contributed by atoms with Crippen molar-refractivity contribution in [3.63, 3.8) is 0 Å². The van der Waals surface area contributed by atoms with Crippen molar-refractivity contribution in [3.8, 4) is 0 Å². The van der Waals surface area contributed by atoms with Gasteiger partial charge in [0.1, 0.15) is 11.2 Å². The number of esters is 1. The van der Waals surface area contributed by atoms with Crippen LogP contribution in [0.15, 0.2) is 63.8 Å². The van der Waals surface area contributed by atoms with Crippen LogP contribution in [0.2, 0.25) is 0 Å². The predicted octanol–water partition coefficient (Wildman–Crippen LogP) is 3.89. The normalized spacial score (nSPS) is 11.2. The highest BCUT2D eigenvalue weighted by molar-refractivity contribution is 6.08. The van der Waals surface area contributed by atoms with Crippen molar-refractivity contribution < 1.29 is 13.9 Å². The van der Waals surface area contributed by atoms with E-state index in [2.05, 4.69) is 0 Å². The third-order valence-corrected chi connectivity index (χ3v) is 3.98. The third-order valence-electron chi connectivity index (χ3n) is 3.98. The third kappa shape index (κ3) is 1.99. The van der Waals surface area contributed by atoms with Crippen LogP contribution in [0.3, 0.4) is 0 Å². The van der Waals surface area contributed by atoms with Gasteiger partial charge in [0.25, 0.3) is 0 Å². The average Bonchev–Trinajstić information content (AvgIpc) is 2.59. The first-order valence-corrected chi connectivity index (χ1v) is 7.15. The molecule has 0 spiro atoms. The molecule has 23 heavy (non-hydrogen) atoms. The Morgan fingerprint density at radius 1 is 0.913 bits per heavy atom. The Bertz CT molecular complexity index is 1140. The molecular weight excluding hydrogens is 292 g/mol. The summed E-state index contributed by atoms with van der Waals surface area (Å²) in [4.78, 5) is 24.6. The van der Waals surface area contributed by atoms with Crippen LogP contribution in [0, 0.1) is 0 Å². The summed E-state index contributed by atoms with van der Waals surface area (Å²) in [5.41, 5.74) is 1.37. The van der Waals surface area contributed by atoms with E-state index < -0.39 is 5.97 Å². The molecule has 1 aromatic heterocycles. The van der Waals surface area contributed by atoms with E-state index in [4.69, 9.17) is 9.15 Å². The van der Waals surface area contributed by atoms with Crippen molar-refractivity contribution >= 4 is 38.7 Å². The van der Waals surface area contributed by atoms with Crippen LogP contribution in [-0.2, 0) is 4.74 Å². The summed E-state index contributed by atoms with van der Waals surface area (Å²) in [6.07, 6.45) is 0. The van der Waals surface area contributed by atoms with E-state index in [-0.39, 0.29) is 5.43 Å². The minimum Gasteiger partial charge on any atom is -0.465 e. The van der Waals surface area contributed by atoms with E-state index in [1.807, 2.05) is 12.1 Å².